The van der Waals surface area contributed by atoms with Gasteiger partial charge < -0.3 is 0 Å². The number of hydrogen-bond acceptors (Lipinski definition) is 1. The number of nitrogens with zero attached hydrogens (tertiary/aromatic N) is 2. The van der Waals surface area contributed by atoms with Crippen LogP contribution < -0.4 is 0 Å². The van der Waals surface area contributed by atoms with Gasteiger partial charge in [-0.15, -0.1) is 0 Å². The van der Waals surface area contributed by atoms with E-state index in [1.165, 1.54) is 16.6 Å². The van der Waals surface area contributed by atoms with Crippen molar-refractivity contribution < 1.29 is 0 Å². The molecule has 0 atom stereocenters. The summed E-state index contributed by atoms with van der Waals surface area (Å²) >= 11 is 0. The maximum absolute atomic E-state index is 4.43. The molecular formula is C12H16N2. The lowest BCUT2D eigenvalue weighted by Crippen LogP contribution is -1.91. The van der Waals surface area contributed by atoms with Crippen molar-refractivity contribution in [3.8, 4) is 0 Å². The third-order valence-corrected chi connectivity index (χ3v) is 2.82. The Balaban J connectivity index is 2.69. The first-order valence-corrected chi connectivity index (χ1v) is 5.03. The SMILES string of the molecule is Cc1c2cc(C(C)C)ccc2nn1C. The van der Waals surface area contributed by atoms with E-state index in [2.05, 4.69) is 44.1 Å². The first-order chi connectivity index (χ1) is 6.59. The molecule has 0 amide bonds. The molecule has 0 N–H and O–H groups in total. The molecule has 0 aliphatic rings. The summed E-state index contributed by atoms with van der Waals surface area (Å²) in [7, 11) is 1.99. The number of fused-ring (bicyclic) bond motifs is 1. The number of benzene rings is 1. The molecule has 14 heavy (non-hydrogen) atoms. The van der Waals surface area contributed by atoms with Crippen molar-refractivity contribution >= 4 is 10.9 Å². The van der Waals surface area contributed by atoms with Gasteiger partial charge in [-0.1, -0.05) is 19.9 Å². The summed E-state index contributed by atoms with van der Waals surface area (Å²) in [6.45, 7) is 6.54. The largest absolute Gasteiger partial charge is 0.272 e. The zero-order valence-corrected chi connectivity index (χ0v) is 9.20. The van der Waals surface area contributed by atoms with Gasteiger partial charge in [0.2, 0.25) is 0 Å². The van der Waals surface area contributed by atoms with Crippen LogP contribution in [0.3, 0.4) is 0 Å². The summed E-state index contributed by atoms with van der Waals surface area (Å²) in [6, 6.07) is 6.53. The molecule has 0 saturated carbocycles. The lowest BCUT2D eigenvalue weighted by atomic mass is 10.0. The van der Waals surface area contributed by atoms with Gasteiger partial charge in [-0.3, -0.25) is 4.68 Å². The molecule has 0 unspecified atom stereocenters. The zero-order valence-electron chi connectivity index (χ0n) is 9.20. The van der Waals surface area contributed by atoms with Crippen LogP contribution >= 0.6 is 0 Å². The van der Waals surface area contributed by atoms with Gasteiger partial charge in [0.05, 0.1) is 5.52 Å². The predicted molar refractivity (Wildman–Crippen MR) is 59.5 cm³/mol. The topological polar surface area (TPSA) is 17.8 Å². The van der Waals surface area contributed by atoms with Crippen molar-refractivity contribution in [1.29, 1.82) is 0 Å². The van der Waals surface area contributed by atoms with E-state index in [9.17, 15) is 0 Å². The van der Waals surface area contributed by atoms with E-state index >= 15 is 0 Å². The van der Waals surface area contributed by atoms with Crippen molar-refractivity contribution in [2.24, 2.45) is 7.05 Å². The highest BCUT2D eigenvalue weighted by atomic mass is 15.3. The van der Waals surface area contributed by atoms with Crippen molar-refractivity contribution in [3.05, 3.63) is 29.5 Å². The molecule has 2 aromatic rings. The number of aromatic nitrogens is 2. The van der Waals surface area contributed by atoms with Crippen LogP contribution in [0.25, 0.3) is 10.9 Å². The van der Waals surface area contributed by atoms with Gasteiger partial charge in [-0.05, 0) is 30.5 Å². The Morgan fingerprint density at radius 3 is 2.64 bits per heavy atom. The molecule has 2 heteroatoms. The minimum Gasteiger partial charge on any atom is -0.272 e. The monoisotopic (exact) mass is 188 g/mol. The second-order valence-electron chi connectivity index (χ2n) is 4.14. The third-order valence-electron chi connectivity index (χ3n) is 2.82. The normalized spacial score (nSPS) is 11.5. The molecule has 0 radical (unpaired) electrons. The lowest BCUT2D eigenvalue weighted by Gasteiger charge is -2.04. The fourth-order valence-electron chi connectivity index (χ4n) is 1.70. The third kappa shape index (κ3) is 1.31. The van der Waals surface area contributed by atoms with Crippen LogP contribution in [0.15, 0.2) is 18.2 Å². The molecule has 1 aromatic heterocycles. The maximum atomic E-state index is 4.43. The van der Waals surface area contributed by atoms with Crippen LogP contribution in [0, 0.1) is 6.92 Å². The van der Waals surface area contributed by atoms with Gasteiger partial charge in [0, 0.05) is 18.1 Å². The van der Waals surface area contributed by atoms with Gasteiger partial charge in [0.1, 0.15) is 0 Å². The molecule has 0 bridgehead atoms. The highest BCUT2D eigenvalue weighted by Crippen LogP contribution is 2.22. The first kappa shape index (κ1) is 9.25. The van der Waals surface area contributed by atoms with Crippen LogP contribution in [0.2, 0.25) is 0 Å². The molecule has 1 aromatic carbocycles. The Morgan fingerprint density at radius 1 is 1.29 bits per heavy atom. The Labute approximate surface area is 84.5 Å². The van der Waals surface area contributed by atoms with E-state index in [4.69, 9.17) is 0 Å². The van der Waals surface area contributed by atoms with Crippen LogP contribution in [-0.4, -0.2) is 9.78 Å². The predicted octanol–water partition coefficient (Wildman–Crippen LogP) is 3.01. The average Bonchev–Trinajstić information content (AvgIpc) is 2.43. The second kappa shape index (κ2) is 3.12. The summed E-state index contributed by atoms with van der Waals surface area (Å²) < 4.78 is 1.94. The molecule has 2 nitrogen and oxygen atoms in total. The molecule has 0 saturated heterocycles. The van der Waals surface area contributed by atoms with E-state index in [-0.39, 0.29) is 0 Å². The molecule has 0 spiro atoms. The smallest absolute Gasteiger partial charge is 0.0926 e. The number of rotatable bonds is 1. The van der Waals surface area contributed by atoms with E-state index in [0.717, 1.165) is 5.52 Å². The van der Waals surface area contributed by atoms with Crippen molar-refractivity contribution in [1.82, 2.24) is 9.78 Å². The Kier molecular flexibility index (Phi) is 2.06. The van der Waals surface area contributed by atoms with Gasteiger partial charge in [0.15, 0.2) is 0 Å². The van der Waals surface area contributed by atoms with Gasteiger partial charge in [-0.2, -0.15) is 5.10 Å². The quantitative estimate of drug-likeness (QED) is 0.672. The minimum atomic E-state index is 0.582. The summed E-state index contributed by atoms with van der Waals surface area (Å²) in [5, 5.41) is 5.71. The molecule has 2 rings (SSSR count). The van der Waals surface area contributed by atoms with Gasteiger partial charge in [0.25, 0.3) is 0 Å². The van der Waals surface area contributed by atoms with Crippen molar-refractivity contribution in [2.75, 3.05) is 0 Å². The average molecular weight is 188 g/mol. The standard InChI is InChI=1S/C12H16N2/c1-8(2)10-5-6-12-11(7-10)9(3)14(4)13-12/h5-8H,1-4H3. The van der Waals surface area contributed by atoms with Crippen LogP contribution in [0.1, 0.15) is 31.0 Å². The Morgan fingerprint density at radius 2 is 2.00 bits per heavy atom. The number of hydrogen-bond donors (Lipinski definition) is 0. The Bertz CT molecular complexity index is 466. The summed E-state index contributed by atoms with van der Waals surface area (Å²) in [6.07, 6.45) is 0. The van der Waals surface area contributed by atoms with E-state index in [1.807, 2.05) is 11.7 Å². The van der Waals surface area contributed by atoms with Crippen LogP contribution in [0.5, 0.6) is 0 Å². The molecule has 0 fully saturated rings. The zero-order chi connectivity index (χ0) is 10.3. The minimum absolute atomic E-state index is 0.582. The lowest BCUT2D eigenvalue weighted by molar-refractivity contribution is 0.751. The maximum Gasteiger partial charge on any atom is 0.0926 e. The molecular weight excluding hydrogens is 172 g/mol. The Hall–Kier alpha value is -1.31. The summed E-state index contributed by atoms with van der Waals surface area (Å²) in [5.41, 5.74) is 3.71. The van der Waals surface area contributed by atoms with Crippen LogP contribution in [-0.2, 0) is 7.05 Å². The first-order valence-electron chi connectivity index (χ1n) is 5.03. The fourth-order valence-corrected chi connectivity index (χ4v) is 1.70. The highest BCUT2D eigenvalue weighted by Gasteiger charge is 2.06. The second-order valence-corrected chi connectivity index (χ2v) is 4.14. The molecule has 0 aliphatic heterocycles. The fraction of sp³-hybridized carbons (Fsp3) is 0.417. The van der Waals surface area contributed by atoms with Crippen molar-refractivity contribution in [3.63, 3.8) is 0 Å². The highest BCUT2D eigenvalue weighted by molar-refractivity contribution is 5.82. The van der Waals surface area contributed by atoms with Crippen molar-refractivity contribution in [2.45, 2.75) is 26.7 Å². The molecule has 74 valence electrons. The molecule has 1 heterocycles. The van der Waals surface area contributed by atoms with Gasteiger partial charge >= 0.3 is 0 Å². The molecule has 0 aliphatic carbocycles. The number of aryl methyl sites for hydroxylation is 2. The van der Waals surface area contributed by atoms with E-state index in [0.29, 0.717) is 5.92 Å². The van der Waals surface area contributed by atoms with Gasteiger partial charge in [-0.25, -0.2) is 0 Å². The summed E-state index contributed by atoms with van der Waals surface area (Å²) in [5.74, 6) is 0.582. The summed E-state index contributed by atoms with van der Waals surface area (Å²) in [4.78, 5) is 0. The van der Waals surface area contributed by atoms with E-state index < -0.39 is 0 Å². The van der Waals surface area contributed by atoms with Crippen LogP contribution in [0.4, 0.5) is 0 Å². The van der Waals surface area contributed by atoms with E-state index in [1.54, 1.807) is 0 Å².